The smallest absolute Gasteiger partial charge is 0.230 e. The molecule has 1 aliphatic rings. The molecule has 0 aromatic carbocycles. The van der Waals surface area contributed by atoms with Crippen molar-refractivity contribution >= 4 is 17.7 Å². The minimum absolute atomic E-state index is 0.0791. The molecular weight excluding hydrogens is 336 g/mol. The van der Waals surface area contributed by atoms with Gasteiger partial charge in [0.2, 0.25) is 5.91 Å². The van der Waals surface area contributed by atoms with Crippen LogP contribution < -0.4 is 5.32 Å². The van der Waals surface area contributed by atoms with E-state index in [4.69, 9.17) is 4.42 Å². The fourth-order valence-corrected chi connectivity index (χ4v) is 4.22. The topological polar surface area (TPSA) is 73.0 Å². The number of aromatic nitrogens is 3. The second kappa shape index (κ2) is 8.08. The van der Waals surface area contributed by atoms with E-state index in [1.807, 2.05) is 17.6 Å². The summed E-state index contributed by atoms with van der Waals surface area (Å²) in [6.07, 6.45) is 6.44. The van der Waals surface area contributed by atoms with Crippen molar-refractivity contribution in [3.63, 3.8) is 0 Å². The molecule has 1 amide bonds. The molecular formula is C18H26N4O2S. The Morgan fingerprint density at radius 3 is 2.88 bits per heavy atom. The Morgan fingerprint density at radius 2 is 2.20 bits per heavy atom. The summed E-state index contributed by atoms with van der Waals surface area (Å²) in [5, 5.41) is 12.5. The summed E-state index contributed by atoms with van der Waals surface area (Å²) in [4.78, 5) is 12.3. The molecule has 2 atom stereocenters. The van der Waals surface area contributed by atoms with Gasteiger partial charge in [-0.15, -0.1) is 10.2 Å². The third-order valence-corrected chi connectivity index (χ3v) is 5.89. The first-order valence-corrected chi connectivity index (χ1v) is 9.98. The molecule has 2 heterocycles. The van der Waals surface area contributed by atoms with E-state index in [0.29, 0.717) is 17.7 Å². The minimum Gasteiger partial charge on any atom is -0.469 e. The zero-order valence-electron chi connectivity index (χ0n) is 15.1. The van der Waals surface area contributed by atoms with Crippen LogP contribution in [0.3, 0.4) is 0 Å². The van der Waals surface area contributed by atoms with E-state index >= 15 is 0 Å². The number of hydrogen-bond acceptors (Lipinski definition) is 5. The highest BCUT2D eigenvalue weighted by atomic mass is 32.2. The van der Waals surface area contributed by atoms with Gasteiger partial charge in [-0.2, -0.15) is 0 Å². The Bertz CT molecular complexity index is 724. The summed E-state index contributed by atoms with van der Waals surface area (Å²) in [5.41, 5.74) is 0.946. The summed E-state index contributed by atoms with van der Waals surface area (Å²) in [6, 6.07) is 2.21. The first-order valence-electron chi connectivity index (χ1n) is 9.00. The van der Waals surface area contributed by atoms with Crippen molar-refractivity contribution in [3.8, 4) is 11.4 Å². The molecule has 1 saturated carbocycles. The average molecular weight is 362 g/mol. The number of carbonyl (C=O) groups excluding carboxylic acids is 1. The molecule has 2 aromatic heterocycles. The summed E-state index contributed by atoms with van der Waals surface area (Å²) < 4.78 is 7.40. The van der Waals surface area contributed by atoms with Crippen molar-refractivity contribution in [2.45, 2.75) is 64.2 Å². The highest BCUT2D eigenvalue weighted by Crippen LogP contribution is 2.27. The molecule has 136 valence electrons. The second-order valence-electron chi connectivity index (χ2n) is 6.67. The van der Waals surface area contributed by atoms with Crippen molar-refractivity contribution in [2.75, 3.05) is 5.75 Å². The first kappa shape index (κ1) is 18.0. The Balaban J connectivity index is 1.62. The maximum absolute atomic E-state index is 12.3. The number of amides is 1. The van der Waals surface area contributed by atoms with E-state index in [0.717, 1.165) is 35.3 Å². The van der Waals surface area contributed by atoms with Crippen LogP contribution in [0.1, 0.15) is 45.3 Å². The third-order valence-electron chi connectivity index (χ3n) is 4.92. The predicted molar refractivity (Wildman–Crippen MR) is 98.4 cm³/mol. The molecule has 3 rings (SSSR count). The van der Waals surface area contributed by atoms with E-state index < -0.39 is 0 Å². The third kappa shape index (κ3) is 4.08. The lowest BCUT2D eigenvalue weighted by Gasteiger charge is -2.29. The van der Waals surface area contributed by atoms with Crippen LogP contribution in [0.15, 0.2) is 21.9 Å². The zero-order chi connectivity index (χ0) is 17.8. The maximum Gasteiger partial charge on any atom is 0.230 e. The largest absolute Gasteiger partial charge is 0.469 e. The molecule has 1 N–H and O–H groups in total. The molecule has 0 aliphatic heterocycles. The fourth-order valence-electron chi connectivity index (χ4n) is 3.41. The molecule has 7 heteroatoms. The zero-order valence-corrected chi connectivity index (χ0v) is 15.9. The number of rotatable bonds is 6. The van der Waals surface area contributed by atoms with Gasteiger partial charge in [0.25, 0.3) is 0 Å². The molecule has 0 spiro atoms. The lowest BCUT2D eigenvalue weighted by atomic mass is 9.86. The quantitative estimate of drug-likeness (QED) is 0.794. The second-order valence-corrected chi connectivity index (χ2v) is 7.61. The Kier molecular flexibility index (Phi) is 5.83. The van der Waals surface area contributed by atoms with Crippen LogP contribution in [0.4, 0.5) is 0 Å². The number of furan rings is 1. The van der Waals surface area contributed by atoms with Crippen LogP contribution in [0.25, 0.3) is 11.4 Å². The Hall–Kier alpha value is -1.76. The van der Waals surface area contributed by atoms with Crippen LogP contribution in [0.5, 0.6) is 0 Å². The van der Waals surface area contributed by atoms with E-state index in [-0.39, 0.29) is 5.91 Å². The summed E-state index contributed by atoms with van der Waals surface area (Å²) in [7, 11) is 0. The fraction of sp³-hybridized carbons (Fsp3) is 0.611. The van der Waals surface area contributed by atoms with Crippen molar-refractivity contribution in [1.29, 1.82) is 0 Å². The summed E-state index contributed by atoms with van der Waals surface area (Å²) in [6.45, 7) is 6.94. The Labute approximate surface area is 152 Å². The summed E-state index contributed by atoms with van der Waals surface area (Å²) in [5.74, 6) is 2.62. The molecule has 25 heavy (non-hydrogen) atoms. The van der Waals surface area contributed by atoms with Crippen LogP contribution in [0, 0.1) is 12.8 Å². The van der Waals surface area contributed by atoms with E-state index in [9.17, 15) is 4.79 Å². The first-order chi connectivity index (χ1) is 12.1. The van der Waals surface area contributed by atoms with Gasteiger partial charge in [0.05, 0.1) is 17.6 Å². The predicted octanol–water partition coefficient (Wildman–Crippen LogP) is 3.65. The Morgan fingerprint density at radius 1 is 1.40 bits per heavy atom. The maximum atomic E-state index is 12.3. The number of thioether (sulfide) groups is 1. The molecule has 6 nitrogen and oxygen atoms in total. The number of hydrogen-bond donors (Lipinski definition) is 1. The molecule has 0 unspecified atom stereocenters. The van der Waals surface area contributed by atoms with Gasteiger partial charge in [-0.1, -0.05) is 31.5 Å². The van der Waals surface area contributed by atoms with E-state index in [1.54, 1.807) is 6.26 Å². The van der Waals surface area contributed by atoms with Gasteiger partial charge in [0, 0.05) is 12.6 Å². The molecule has 2 aromatic rings. The van der Waals surface area contributed by atoms with Crippen LogP contribution >= 0.6 is 11.8 Å². The number of nitrogens with one attached hydrogen (secondary N) is 1. The minimum atomic E-state index is 0.0791. The normalized spacial score (nSPS) is 20.6. The van der Waals surface area contributed by atoms with E-state index in [2.05, 4.69) is 29.4 Å². The molecule has 0 bridgehead atoms. The monoisotopic (exact) mass is 362 g/mol. The van der Waals surface area contributed by atoms with Crippen molar-refractivity contribution in [2.24, 2.45) is 5.92 Å². The highest BCUT2D eigenvalue weighted by molar-refractivity contribution is 7.99. The van der Waals surface area contributed by atoms with Gasteiger partial charge < -0.3 is 14.3 Å². The van der Waals surface area contributed by atoms with Gasteiger partial charge in [0.1, 0.15) is 5.76 Å². The van der Waals surface area contributed by atoms with Crippen LogP contribution in [-0.4, -0.2) is 32.5 Å². The van der Waals surface area contributed by atoms with Crippen molar-refractivity contribution in [1.82, 2.24) is 20.1 Å². The summed E-state index contributed by atoms with van der Waals surface area (Å²) >= 11 is 1.44. The van der Waals surface area contributed by atoms with Crippen molar-refractivity contribution < 1.29 is 9.21 Å². The molecule has 0 radical (unpaired) electrons. The SMILES string of the molecule is CCn1c(SCC(=O)N[C@@H]2CCCC[C@H]2C)nnc1-c1ccoc1C. The van der Waals surface area contributed by atoms with Gasteiger partial charge in [0.15, 0.2) is 11.0 Å². The van der Waals surface area contributed by atoms with Gasteiger partial charge in [-0.3, -0.25) is 4.79 Å². The van der Waals surface area contributed by atoms with Gasteiger partial charge >= 0.3 is 0 Å². The highest BCUT2D eigenvalue weighted by Gasteiger charge is 2.23. The van der Waals surface area contributed by atoms with Crippen LogP contribution in [0.2, 0.25) is 0 Å². The lowest BCUT2D eigenvalue weighted by molar-refractivity contribution is -0.119. The van der Waals surface area contributed by atoms with E-state index in [1.165, 1.54) is 31.0 Å². The molecule has 1 fully saturated rings. The molecule has 1 aliphatic carbocycles. The standard InChI is InChI=1S/C18H26N4O2S/c1-4-22-17(14-9-10-24-13(14)3)20-21-18(22)25-11-16(23)19-15-8-6-5-7-12(15)2/h9-10,12,15H,4-8,11H2,1-3H3,(H,19,23)/t12-,15-/m1/s1. The lowest BCUT2D eigenvalue weighted by Crippen LogP contribution is -2.41. The average Bonchev–Trinajstić information content (AvgIpc) is 3.20. The van der Waals surface area contributed by atoms with Gasteiger partial charge in [-0.05, 0) is 38.7 Å². The number of carbonyl (C=O) groups is 1. The van der Waals surface area contributed by atoms with Gasteiger partial charge in [-0.25, -0.2) is 0 Å². The van der Waals surface area contributed by atoms with Crippen LogP contribution in [-0.2, 0) is 11.3 Å². The number of aryl methyl sites for hydroxylation is 1. The number of nitrogens with zero attached hydrogens (tertiary/aromatic N) is 3. The molecule has 0 saturated heterocycles. The van der Waals surface area contributed by atoms with Crippen molar-refractivity contribution in [3.05, 3.63) is 18.1 Å².